The molecule has 0 aromatic heterocycles. The summed E-state index contributed by atoms with van der Waals surface area (Å²) in [5, 5.41) is 0. The van der Waals surface area contributed by atoms with Crippen LogP contribution in [0.15, 0.2) is 29.2 Å². The van der Waals surface area contributed by atoms with Crippen molar-refractivity contribution in [2.24, 2.45) is 0 Å². The average molecular weight is 438 g/mol. The molecule has 0 atom stereocenters. The van der Waals surface area contributed by atoms with Gasteiger partial charge in [0.2, 0.25) is 0 Å². The molecular weight excluding hydrogens is 410 g/mol. The molecule has 0 spiro atoms. The number of ether oxygens (including phenoxy) is 3. The Morgan fingerprint density at radius 3 is 2.20 bits per heavy atom. The second-order valence-corrected chi connectivity index (χ2v) is 10.2. The molecule has 30 heavy (non-hydrogen) atoms. The van der Waals surface area contributed by atoms with E-state index >= 15 is 0 Å². The zero-order valence-electron chi connectivity index (χ0n) is 17.6. The molecule has 0 saturated carbocycles. The Labute approximate surface area is 177 Å². The molecule has 1 saturated heterocycles. The van der Waals surface area contributed by atoms with Crippen molar-refractivity contribution in [3.8, 4) is 18.1 Å². The summed E-state index contributed by atoms with van der Waals surface area (Å²) in [7, 11) is -2.96. The van der Waals surface area contributed by atoms with E-state index in [1.807, 2.05) is 0 Å². The van der Waals surface area contributed by atoms with Gasteiger partial charge in [-0.15, -0.1) is 6.42 Å². The summed E-state index contributed by atoms with van der Waals surface area (Å²) in [4.78, 5) is 26.3. The Kier molecular flexibility index (Phi) is 7.03. The molecule has 1 aromatic rings. The number of rotatable bonds is 5. The molecule has 0 unspecified atom stereocenters. The first kappa shape index (κ1) is 23.5. The molecule has 1 amide bonds. The lowest BCUT2D eigenvalue weighted by Gasteiger charge is -2.39. The van der Waals surface area contributed by atoms with Crippen molar-refractivity contribution in [2.75, 3.05) is 26.8 Å². The minimum atomic E-state index is -4.11. The molecule has 2 rings (SSSR count). The van der Waals surface area contributed by atoms with Crippen molar-refractivity contribution in [1.82, 2.24) is 4.90 Å². The number of piperidine rings is 1. The predicted molar refractivity (Wildman–Crippen MR) is 110 cm³/mol. The number of esters is 1. The molecule has 1 aliphatic rings. The molecule has 1 fully saturated rings. The van der Waals surface area contributed by atoms with E-state index in [9.17, 15) is 18.0 Å². The third-order valence-corrected chi connectivity index (χ3v) is 7.25. The fourth-order valence-corrected chi connectivity index (χ4v) is 5.18. The van der Waals surface area contributed by atoms with Crippen LogP contribution in [0.3, 0.4) is 0 Å². The molecular formula is C21H27NO7S. The number of carbonyl (C=O) groups excluding carboxylic acids is 2. The van der Waals surface area contributed by atoms with Gasteiger partial charge in [0.15, 0.2) is 14.6 Å². The number of carbonyl (C=O) groups is 2. The second-order valence-electron chi connectivity index (χ2n) is 7.92. The number of nitrogens with zero attached hydrogens (tertiary/aromatic N) is 1. The highest BCUT2D eigenvalue weighted by Gasteiger charge is 2.54. The quantitative estimate of drug-likeness (QED) is 0.515. The maximum absolute atomic E-state index is 13.4. The van der Waals surface area contributed by atoms with Crippen LogP contribution in [-0.4, -0.2) is 62.5 Å². The summed E-state index contributed by atoms with van der Waals surface area (Å²) in [5.41, 5.74) is -0.677. The van der Waals surface area contributed by atoms with Gasteiger partial charge in [0.05, 0.1) is 12.0 Å². The lowest BCUT2D eigenvalue weighted by molar-refractivity contribution is -0.145. The van der Waals surface area contributed by atoms with Crippen LogP contribution in [0, 0.1) is 12.3 Å². The van der Waals surface area contributed by atoms with Crippen molar-refractivity contribution in [3.63, 3.8) is 0 Å². The monoisotopic (exact) mass is 437 g/mol. The van der Waals surface area contributed by atoms with Gasteiger partial charge < -0.3 is 19.1 Å². The first-order valence-electron chi connectivity index (χ1n) is 9.44. The molecule has 9 heteroatoms. The molecule has 1 heterocycles. The van der Waals surface area contributed by atoms with Crippen molar-refractivity contribution in [1.29, 1.82) is 0 Å². The summed E-state index contributed by atoms with van der Waals surface area (Å²) in [6.07, 6.45) is 4.40. The minimum Gasteiger partial charge on any atom is -0.481 e. The Balaban J connectivity index is 2.28. The van der Waals surface area contributed by atoms with Gasteiger partial charge in [0.1, 0.15) is 18.0 Å². The first-order chi connectivity index (χ1) is 14.0. The van der Waals surface area contributed by atoms with Gasteiger partial charge in [-0.05, 0) is 57.9 Å². The van der Waals surface area contributed by atoms with E-state index in [4.69, 9.17) is 20.6 Å². The van der Waals surface area contributed by atoms with Gasteiger partial charge >= 0.3 is 12.1 Å². The van der Waals surface area contributed by atoms with Crippen LogP contribution in [0.1, 0.15) is 33.6 Å². The van der Waals surface area contributed by atoms with Crippen molar-refractivity contribution in [2.45, 2.75) is 48.9 Å². The minimum absolute atomic E-state index is 0.0355. The Bertz CT molecular complexity index is 916. The molecule has 1 aromatic carbocycles. The van der Waals surface area contributed by atoms with E-state index in [0.29, 0.717) is 5.75 Å². The van der Waals surface area contributed by atoms with Crippen LogP contribution in [-0.2, 0) is 24.1 Å². The fourth-order valence-electron chi connectivity index (χ4n) is 3.21. The maximum atomic E-state index is 13.4. The van der Waals surface area contributed by atoms with Crippen molar-refractivity contribution < 1.29 is 32.2 Å². The van der Waals surface area contributed by atoms with Crippen molar-refractivity contribution in [3.05, 3.63) is 24.3 Å². The number of sulfone groups is 1. The number of likely N-dealkylation sites (tertiary alicyclic amines) is 1. The Morgan fingerprint density at radius 1 is 1.17 bits per heavy atom. The number of hydrogen-bond donors (Lipinski definition) is 0. The van der Waals surface area contributed by atoms with Crippen molar-refractivity contribution >= 4 is 21.9 Å². The zero-order valence-corrected chi connectivity index (χ0v) is 18.5. The third-order valence-electron chi connectivity index (χ3n) is 4.75. The molecule has 0 bridgehead atoms. The van der Waals surface area contributed by atoms with E-state index in [0.717, 1.165) is 7.11 Å². The number of hydrogen-bond acceptors (Lipinski definition) is 7. The Morgan fingerprint density at radius 2 is 1.73 bits per heavy atom. The van der Waals surface area contributed by atoms with Gasteiger partial charge in [-0.25, -0.2) is 13.2 Å². The normalized spacial score (nSPS) is 16.3. The summed E-state index contributed by atoms with van der Waals surface area (Å²) in [6, 6.07) is 5.69. The molecule has 8 nitrogen and oxygen atoms in total. The zero-order chi connectivity index (χ0) is 22.6. The standard InChI is InChI=1S/C21H27NO7S/c1-6-15-28-16-7-9-17(10-8-16)30(25,26)21(18(23)27-5)11-13-22(14-12-21)19(24)29-20(2,3)4/h1,7-10H,11-15H2,2-5H3. The van der Waals surface area contributed by atoms with E-state index in [1.165, 1.54) is 29.2 Å². The van der Waals surface area contributed by atoms with E-state index < -0.39 is 32.2 Å². The van der Waals surface area contributed by atoms with Crippen LogP contribution in [0.2, 0.25) is 0 Å². The number of benzene rings is 1. The molecule has 0 aliphatic carbocycles. The lowest BCUT2D eigenvalue weighted by Crippen LogP contribution is -2.56. The van der Waals surface area contributed by atoms with Crippen LogP contribution in [0.25, 0.3) is 0 Å². The molecule has 0 N–H and O–H groups in total. The van der Waals surface area contributed by atoms with E-state index in [1.54, 1.807) is 20.8 Å². The largest absolute Gasteiger partial charge is 0.481 e. The van der Waals surface area contributed by atoms with Gasteiger partial charge in [-0.3, -0.25) is 4.79 Å². The first-order valence-corrected chi connectivity index (χ1v) is 10.9. The van der Waals surface area contributed by atoms with E-state index in [-0.39, 0.29) is 37.4 Å². The summed E-state index contributed by atoms with van der Waals surface area (Å²) in [5.74, 6) is 1.89. The number of terminal acetylenes is 1. The number of methoxy groups -OCH3 is 1. The van der Waals surface area contributed by atoms with Gasteiger partial charge in [0.25, 0.3) is 0 Å². The third kappa shape index (κ3) is 4.87. The van der Waals surface area contributed by atoms with E-state index in [2.05, 4.69) is 5.92 Å². The Hall–Kier alpha value is -2.73. The lowest BCUT2D eigenvalue weighted by atomic mass is 9.96. The highest BCUT2D eigenvalue weighted by molar-refractivity contribution is 7.93. The fraction of sp³-hybridized carbons (Fsp3) is 0.524. The van der Waals surface area contributed by atoms with Crippen LogP contribution in [0.5, 0.6) is 5.75 Å². The summed E-state index contributed by atoms with van der Waals surface area (Å²) in [6.45, 7) is 5.39. The SMILES string of the molecule is C#CCOc1ccc(S(=O)(=O)C2(C(=O)OC)CCN(C(=O)OC(C)(C)C)CC2)cc1. The van der Waals surface area contributed by atoms with Crippen LogP contribution >= 0.6 is 0 Å². The topological polar surface area (TPSA) is 99.2 Å². The van der Waals surface area contributed by atoms with Gasteiger partial charge in [0, 0.05) is 13.1 Å². The number of amides is 1. The van der Waals surface area contributed by atoms with Crippen LogP contribution in [0.4, 0.5) is 4.79 Å². The van der Waals surface area contributed by atoms with Gasteiger partial charge in [-0.1, -0.05) is 5.92 Å². The molecule has 0 radical (unpaired) electrons. The summed E-state index contributed by atoms with van der Waals surface area (Å²) >= 11 is 0. The molecule has 1 aliphatic heterocycles. The summed E-state index contributed by atoms with van der Waals surface area (Å²) < 4.78 is 40.5. The maximum Gasteiger partial charge on any atom is 0.410 e. The predicted octanol–water partition coefficient (Wildman–Crippen LogP) is 2.42. The second kappa shape index (κ2) is 8.96. The van der Waals surface area contributed by atoms with Crippen LogP contribution < -0.4 is 4.74 Å². The highest BCUT2D eigenvalue weighted by Crippen LogP contribution is 2.37. The molecule has 164 valence electrons. The average Bonchev–Trinajstić information content (AvgIpc) is 2.70. The smallest absolute Gasteiger partial charge is 0.410 e. The highest BCUT2D eigenvalue weighted by atomic mass is 32.2. The van der Waals surface area contributed by atoms with Gasteiger partial charge in [-0.2, -0.15) is 0 Å².